The predicted octanol–water partition coefficient (Wildman–Crippen LogP) is 1.77. The molecular formula is C7H5BF3N. The molecule has 5 heteroatoms. The summed E-state index contributed by atoms with van der Waals surface area (Å²) < 4.78 is 35.8. The molecule has 0 bridgehead atoms. The lowest BCUT2D eigenvalue weighted by Crippen LogP contribution is -2.07. The molecule has 0 atom stereocenters. The first kappa shape index (κ1) is 9.10. The van der Waals surface area contributed by atoms with Gasteiger partial charge in [-0.05, 0) is 11.6 Å². The molecule has 12 heavy (non-hydrogen) atoms. The minimum atomic E-state index is -4.37. The van der Waals surface area contributed by atoms with Crippen molar-refractivity contribution in [2.75, 3.05) is 0 Å². The Morgan fingerprint density at radius 1 is 1.33 bits per heavy atom. The summed E-state index contributed by atoms with van der Waals surface area (Å²) in [5.74, 6) is 0. The van der Waals surface area contributed by atoms with E-state index in [9.17, 15) is 13.2 Å². The zero-order chi connectivity index (χ0) is 9.19. The monoisotopic (exact) mass is 171 g/mol. The summed E-state index contributed by atoms with van der Waals surface area (Å²) in [7, 11) is 5.19. The van der Waals surface area contributed by atoms with Crippen molar-refractivity contribution in [1.29, 1.82) is 0 Å². The van der Waals surface area contributed by atoms with Crippen molar-refractivity contribution in [3.8, 4) is 0 Å². The third kappa shape index (κ3) is 2.00. The van der Waals surface area contributed by atoms with Crippen molar-refractivity contribution in [3.63, 3.8) is 0 Å². The highest BCUT2D eigenvalue weighted by Gasteiger charge is 2.31. The van der Waals surface area contributed by atoms with Crippen LogP contribution in [0.3, 0.4) is 0 Å². The van der Waals surface area contributed by atoms with E-state index in [0.717, 1.165) is 12.3 Å². The van der Waals surface area contributed by atoms with Crippen LogP contribution in [0.4, 0.5) is 13.2 Å². The van der Waals surface area contributed by atoms with Gasteiger partial charge in [-0.1, -0.05) is 12.4 Å². The lowest BCUT2D eigenvalue weighted by atomic mass is 9.98. The van der Waals surface area contributed by atoms with Crippen LogP contribution in [0.5, 0.6) is 0 Å². The number of hydrogen-bond donors (Lipinski definition) is 0. The van der Waals surface area contributed by atoms with E-state index in [4.69, 9.17) is 7.85 Å². The SMILES string of the molecule is [B]Cc1ccc(C(F)(F)F)nc1. The Bertz CT molecular complexity index is 254. The van der Waals surface area contributed by atoms with Crippen LogP contribution in [-0.2, 0) is 12.5 Å². The van der Waals surface area contributed by atoms with Crippen molar-refractivity contribution in [1.82, 2.24) is 4.98 Å². The van der Waals surface area contributed by atoms with E-state index in [0.29, 0.717) is 5.56 Å². The number of hydrogen-bond acceptors (Lipinski definition) is 1. The molecule has 0 aromatic carbocycles. The Balaban J connectivity index is 2.93. The van der Waals surface area contributed by atoms with E-state index >= 15 is 0 Å². The molecule has 62 valence electrons. The summed E-state index contributed by atoms with van der Waals surface area (Å²) in [4.78, 5) is 3.22. The van der Waals surface area contributed by atoms with Gasteiger partial charge >= 0.3 is 6.18 Å². The van der Waals surface area contributed by atoms with Crippen molar-refractivity contribution in [2.45, 2.75) is 12.5 Å². The average Bonchev–Trinajstić information content (AvgIpc) is 2.03. The van der Waals surface area contributed by atoms with E-state index in [1.54, 1.807) is 0 Å². The largest absolute Gasteiger partial charge is 0.433 e. The first-order valence-electron chi connectivity index (χ1n) is 3.26. The quantitative estimate of drug-likeness (QED) is 0.586. The first-order valence-corrected chi connectivity index (χ1v) is 3.26. The summed E-state index contributed by atoms with van der Waals surface area (Å²) >= 11 is 0. The number of nitrogens with zero attached hydrogens (tertiary/aromatic N) is 1. The molecule has 0 N–H and O–H groups in total. The molecule has 0 fully saturated rings. The van der Waals surface area contributed by atoms with Gasteiger partial charge in [0, 0.05) is 6.20 Å². The number of rotatable bonds is 1. The molecule has 1 nitrogen and oxygen atoms in total. The Morgan fingerprint density at radius 3 is 2.33 bits per heavy atom. The lowest BCUT2D eigenvalue weighted by Gasteiger charge is -2.04. The van der Waals surface area contributed by atoms with E-state index in [1.807, 2.05) is 0 Å². The Morgan fingerprint density at radius 2 is 2.00 bits per heavy atom. The van der Waals surface area contributed by atoms with E-state index in [2.05, 4.69) is 4.98 Å². The highest BCUT2D eigenvalue weighted by Crippen LogP contribution is 2.26. The zero-order valence-corrected chi connectivity index (χ0v) is 6.10. The summed E-state index contributed by atoms with van der Waals surface area (Å²) in [6.07, 6.45) is -3.04. The minimum absolute atomic E-state index is 0.200. The molecule has 0 saturated heterocycles. The molecule has 2 radical (unpaired) electrons. The van der Waals surface area contributed by atoms with E-state index in [-0.39, 0.29) is 6.32 Å². The van der Waals surface area contributed by atoms with Gasteiger partial charge in [0.25, 0.3) is 0 Å². The smallest absolute Gasteiger partial charge is 0.252 e. The van der Waals surface area contributed by atoms with Crippen LogP contribution in [0.1, 0.15) is 11.3 Å². The van der Waals surface area contributed by atoms with Gasteiger partial charge in [-0.3, -0.25) is 4.98 Å². The maximum Gasteiger partial charge on any atom is 0.433 e. The van der Waals surface area contributed by atoms with Crippen molar-refractivity contribution in [3.05, 3.63) is 29.6 Å². The van der Waals surface area contributed by atoms with Crippen molar-refractivity contribution in [2.24, 2.45) is 0 Å². The van der Waals surface area contributed by atoms with Gasteiger partial charge in [0.2, 0.25) is 0 Å². The van der Waals surface area contributed by atoms with Crippen LogP contribution in [0.15, 0.2) is 18.3 Å². The second kappa shape index (κ2) is 3.17. The highest BCUT2D eigenvalue weighted by molar-refractivity contribution is 6.08. The maximum atomic E-state index is 11.9. The van der Waals surface area contributed by atoms with Gasteiger partial charge < -0.3 is 0 Å². The number of alkyl halides is 3. The van der Waals surface area contributed by atoms with Gasteiger partial charge in [0.1, 0.15) is 5.69 Å². The third-order valence-electron chi connectivity index (χ3n) is 1.35. The Kier molecular flexibility index (Phi) is 2.40. The Labute approximate surface area is 69.0 Å². The molecular weight excluding hydrogens is 166 g/mol. The van der Waals surface area contributed by atoms with Gasteiger partial charge in [-0.15, -0.1) is 0 Å². The average molecular weight is 171 g/mol. The number of aromatic nitrogens is 1. The van der Waals surface area contributed by atoms with Crippen molar-refractivity contribution >= 4 is 7.85 Å². The van der Waals surface area contributed by atoms with Gasteiger partial charge in [0.15, 0.2) is 0 Å². The first-order chi connectivity index (χ1) is 5.54. The van der Waals surface area contributed by atoms with E-state index < -0.39 is 11.9 Å². The molecule has 0 unspecified atom stereocenters. The summed E-state index contributed by atoms with van der Waals surface area (Å²) in [5.41, 5.74) is -0.303. The molecule has 0 aliphatic heterocycles. The fourth-order valence-corrected chi connectivity index (χ4v) is 0.713. The zero-order valence-electron chi connectivity index (χ0n) is 6.10. The second-order valence-corrected chi connectivity index (χ2v) is 2.25. The number of halogens is 3. The van der Waals surface area contributed by atoms with Crippen LogP contribution in [0.25, 0.3) is 0 Å². The Hall–Kier alpha value is -0.995. The minimum Gasteiger partial charge on any atom is -0.252 e. The summed E-state index contributed by atoms with van der Waals surface area (Å²) in [6, 6.07) is 2.23. The molecule has 0 saturated carbocycles. The molecule has 0 spiro atoms. The highest BCUT2D eigenvalue weighted by atomic mass is 19.4. The summed E-state index contributed by atoms with van der Waals surface area (Å²) in [5, 5.41) is 0. The normalized spacial score (nSPS) is 11.6. The van der Waals surface area contributed by atoms with Crippen molar-refractivity contribution < 1.29 is 13.2 Å². The van der Waals surface area contributed by atoms with Crippen LogP contribution in [0.2, 0.25) is 0 Å². The topological polar surface area (TPSA) is 12.9 Å². The summed E-state index contributed by atoms with van der Waals surface area (Å²) in [6.45, 7) is 0. The predicted molar refractivity (Wildman–Crippen MR) is 38.7 cm³/mol. The van der Waals surface area contributed by atoms with Gasteiger partial charge in [-0.2, -0.15) is 13.2 Å². The molecule has 0 aliphatic rings. The van der Waals surface area contributed by atoms with Crippen LogP contribution in [0, 0.1) is 0 Å². The molecule has 1 heterocycles. The molecule has 1 aromatic heterocycles. The van der Waals surface area contributed by atoms with Crippen LogP contribution < -0.4 is 0 Å². The maximum absolute atomic E-state index is 11.9. The molecule has 0 aliphatic carbocycles. The van der Waals surface area contributed by atoms with Crippen LogP contribution in [-0.4, -0.2) is 12.8 Å². The number of pyridine rings is 1. The van der Waals surface area contributed by atoms with E-state index in [1.165, 1.54) is 6.07 Å². The van der Waals surface area contributed by atoms with Gasteiger partial charge in [-0.25, -0.2) is 0 Å². The van der Waals surface area contributed by atoms with Gasteiger partial charge in [0.05, 0.1) is 7.85 Å². The molecule has 1 rings (SSSR count). The fourth-order valence-electron chi connectivity index (χ4n) is 0.713. The fraction of sp³-hybridized carbons (Fsp3) is 0.286. The molecule has 1 aromatic rings. The lowest BCUT2D eigenvalue weighted by molar-refractivity contribution is -0.141. The molecule has 0 amide bonds. The van der Waals surface area contributed by atoms with Crippen LogP contribution >= 0.6 is 0 Å². The third-order valence-corrected chi connectivity index (χ3v) is 1.35. The standard InChI is InChI=1S/C7H5BF3N/c8-3-5-1-2-6(12-4-5)7(9,10)11/h1-2,4H,3H2. The second-order valence-electron chi connectivity index (χ2n) is 2.25.